The van der Waals surface area contributed by atoms with Crippen LogP contribution in [0.5, 0.6) is 17.2 Å². The number of carbonyl (C=O) groups excluding carboxylic acids is 1. The standard InChI is InChI=1S/C16H24N2O5.ClH/c1-21-13-4-10(5-14(22-2)16(13)23-3)6-15(20)18-8-11-7-17-9-12(11)19;/h4-5,11-12,17,19H,6-9H2,1-3H3,(H,18,20);1H. The summed E-state index contributed by atoms with van der Waals surface area (Å²) in [6, 6.07) is 3.51. The highest BCUT2D eigenvalue weighted by atomic mass is 35.5. The van der Waals surface area contributed by atoms with Crippen molar-refractivity contribution in [3.63, 3.8) is 0 Å². The number of hydrogen-bond acceptors (Lipinski definition) is 6. The van der Waals surface area contributed by atoms with E-state index in [1.807, 2.05) is 0 Å². The number of β-amino-alcohol motifs (C(OH)–C–C–N with tert-alkyl or cyclic N) is 1. The first-order valence-corrected chi connectivity index (χ1v) is 7.53. The van der Waals surface area contributed by atoms with E-state index in [4.69, 9.17) is 14.2 Å². The van der Waals surface area contributed by atoms with Crippen LogP contribution in [-0.2, 0) is 11.2 Å². The van der Waals surface area contributed by atoms with Gasteiger partial charge < -0.3 is 30.0 Å². The summed E-state index contributed by atoms with van der Waals surface area (Å²) in [6.07, 6.45) is -0.205. The molecule has 1 aromatic carbocycles. The van der Waals surface area contributed by atoms with Crippen molar-refractivity contribution in [3.8, 4) is 17.2 Å². The highest BCUT2D eigenvalue weighted by Gasteiger charge is 2.25. The Labute approximate surface area is 148 Å². The Balaban J connectivity index is 0.00000288. The van der Waals surface area contributed by atoms with E-state index in [1.54, 1.807) is 12.1 Å². The maximum Gasteiger partial charge on any atom is 0.224 e. The molecule has 0 bridgehead atoms. The normalized spacial score (nSPS) is 19.3. The zero-order valence-corrected chi connectivity index (χ0v) is 14.9. The molecular weight excluding hydrogens is 336 g/mol. The lowest BCUT2D eigenvalue weighted by Gasteiger charge is -2.16. The molecule has 1 heterocycles. The minimum Gasteiger partial charge on any atom is -0.493 e. The van der Waals surface area contributed by atoms with Crippen molar-refractivity contribution in [2.75, 3.05) is 41.0 Å². The second-order valence-electron chi connectivity index (χ2n) is 5.50. The number of benzene rings is 1. The van der Waals surface area contributed by atoms with Crippen LogP contribution >= 0.6 is 12.4 Å². The van der Waals surface area contributed by atoms with Crippen molar-refractivity contribution in [2.45, 2.75) is 12.5 Å². The molecule has 1 aliphatic heterocycles. The van der Waals surface area contributed by atoms with E-state index in [-0.39, 0.29) is 30.7 Å². The topological polar surface area (TPSA) is 89.1 Å². The fraction of sp³-hybridized carbons (Fsp3) is 0.562. The fourth-order valence-electron chi connectivity index (χ4n) is 2.66. The van der Waals surface area contributed by atoms with Gasteiger partial charge >= 0.3 is 0 Å². The quantitative estimate of drug-likeness (QED) is 0.651. The monoisotopic (exact) mass is 360 g/mol. The molecule has 3 N–H and O–H groups in total. The van der Waals surface area contributed by atoms with Gasteiger partial charge in [-0.2, -0.15) is 0 Å². The Kier molecular flexibility index (Phi) is 8.10. The molecule has 1 aliphatic rings. The fourth-order valence-corrected chi connectivity index (χ4v) is 2.66. The average Bonchev–Trinajstić information content (AvgIpc) is 2.97. The molecule has 0 spiro atoms. The summed E-state index contributed by atoms with van der Waals surface area (Å²) in [5.41, 5.74) is 0.766. The SMILES string of the molecule is COc1cc(CC(=O)NCC2CNCC2O)cc(OC)c1OC.Cl. The summed E-state index contributed by atoms with van der Waals surface area (Å²) in [5, 5.41) is 15.7. The predicted octanol–water partition coefficient (Wildman–Crippen LogP) is 0.373. The molecule has 1 fully saturated rings. The minimum atomic E-state index is -0.406. The molecular formula is C16H25ClN2O5. The Morgan fingerprint density at radius 1 is 1.21 bits per heavy atom. The van der Waals surface area contributed by atoms with Gasteiger partial charge in [-0.15, -0.1) is 12.4 Å². The molecule has 7 nitrogen and oxygen atoms in total. The summed E-state index contributed by atoms with van der Waals surface area (Å²) in [4.78, 5) is 12.1. The first-order valence-electron chi connectivity index (χ1n) is 7.53. The van der Waals surface area contributed by atoms with E-state index in [0.717, 1.165) is 5.56 Å². The lowest BCUT2D eigenvalue weighted by Crippen LogP contribution is -2.35. The number of carbonyl (C=O) groups is 1. The van der Waals surface area contributed by atoms with E-state index >= 15 is 0 Å². The second-order valence-corrected chi connectivity index (χ2v) is 5.50. The minimum absolute atomic E-state index is 0. The summed E-state index contributed by atoms with van der Waals surface area (Å²) < 4.78 is 15.8. The molecule has 8 heteroatoms. The van der Waals surface area contributed by atoms with Crippen molar-refractivity contribution >= 4 is 18.3 Å². The summed E-state index contributed by atoms with van der Waals surface area (Å²) in [7, 11) is 4.61. The summed E-state index contributed by atoms with van der Waals surface area (Å²) in [5.74, 6) is 1.48. The van der Waals surface area contributed by atoms with Gasteiger partial charge in [0.05, 0.1) is 33.9 Å². The molecule has 24 heavy (non-hydrogen) atoms. The first kappa shape index (κ1) is 20.3. The molecule has 1 amide bonds. The molecule has 136 valence electrons. The van der Waals surface area contributed by atoms with Crippen LogP contribution in [0.1, 0.15) is 5.56 Å². The predicted molar refractivity (Wildman–Crippen MR) is 92.4 cm³/mol. The average molecular weight is 361 g/mol. The van der Waals surface area contributed by atoms with Gasteiger partial charge in [0.25, 0.3) is 0 Å². The Hall–Kier alpha value is -1.70. The Morgan fingerprint density at radius 3 is 2.29 bits per heavy atom. The number of ether oxygens (including phenoxy) is 3. The van der Waals surface area contributed by atoms with Gasteiger partial charge in [0.15, 0.2) is 11.5 Å². The highest BCUT2D eigenvalue weighted by Crippen LogP contribution is 2.38. The van der Waals surface area contributed by atoms with Crippen LogP contribution in [0.4, 0.5) is 0 Å². The van der Waals surface area contributed by atoms with Gasteiger partial charge in [-0.05, 0) is 17.7 Å². The molecule has 2 rings (SSSR count). The second kappa shape index (κ2) is 9.56. The maximum atomic E-state index is 12.1. The molecule has 1 aromatic rings. The lowest BCUT2D eigenvalue weighted by molar-refractivity contribution is -0.120. The third-order valence-corrected chi connectivity index (χ3v) is 3.95. The van der Waals surface area contributed by atoms with Crippen LogP contribution < -0.4 is 24.8 Å². The van der Waals surface area contributed by atoms with Crippen molar-refractivity contribution in [2.24, 2.45) is 5.92 Å². The molecule has 0 aliphatic carbocycles. The van der Waals surface area contributed by atoms with Crippen LogP contribution in [0.2, 0.25) is 0 Å². The van der Waals surface area contributed by atoms with Crippen LogP contribution in [0.15, 0.2) is 12.1 Å². The number of hydrogen-bond donors (Lipinski definition) is 3. The molecule has 0 radical (unpaired) electrons. The van der Waals surface area contributed by atoms with Gasteiger partial charge in [-0.1, -0.05) is 0 Å². The summed E-state index contributed by atoms with van der Waals surface area (Å²) >= 11 is 0. The third kappa shape index (κ3) is 4.90. The Morgan fingerprint density at radius 2 is 1.83 bits per heavy atom. The van der Waals surface area contributed by atoms with E-state index in [1.165, 1.54) is 21.3 Å². The van der Waals surface area contributed by atoms with Crippen LogP contribution in [0.3, 0.4) is 0 Å². The maximum absolute atomic E-state index is 12.1. The number of aliphatic hydroxyl groups excluding tert-OH is 1. The van der Waals surface area contributed by atoms with Crippen molar-refractivity contribution in [3.05, 3.63) is 17.7 Å². The molecule has 0 aromatic heterocycles. The number of nitrogens with one attached hydrogen (secondary N) is 2. The van der Waals surface area contributed by atoms with Gasteiger partial charge in [-0.25, -0.2) is 0 Å². The number of aliphatic hydroxyl groups is 1. The van der Waals surface area contributed by atoms with E-state index in [9.17, 15) is 9.90 Å². The van der Waals surface area contributed by atoms with E-state index in [0.29, 0.717) is 36.9 Å². The van der Waals surface area contributed by atoms with Gasteiger partial charge in [-0.3, -0.25) is 4.79 Å². The zero-order valence-electron chi connectivity index (χ0n) is 14.1. The third-order valence-electron chi connectivity index (χ3n) is 3.95. The number of amides is 1. The van der Waals surface area contributed by atoms with Crippen molar-refractivity contribution < 1.29 is 24.1 Å². The van der Waals surface area contributed by atoms with Crippen LogP contribution in [0, 0.1) is 5.92 Å². The van der Waals surface area contributed by atoms with Gasteiger partial charge in [0.1, 0.15) is 0 Å². The molecule has 2 unspecified atom stereocenters. The number of methoxy groups -OCH3 is 3. The molecule has 2 atom stereocenters. The number of halogens is 1. The van der Waals surface area contributed by atoms with E-state index < -0.39 is 6.10 Å². The van der Waals surface area contributed by atoms with Crippen molar-refractivity contribution in [1.29, 1.82) is 0 Å². The van der Waals surface area contributed by atoms with Crippen LogP contribution in [-0.4, -0.2) is 58.1 Å². The first-order chi connectivity index (χ1) is 11.1. The van der Waals surface area contributed by atoms with Crippen LogP contribution in [0.25, 0.3) is 0 Å². The highest BCUT2D eigenvalue weighted by molar-refractivity contribution is 5.85. The lowest BCUT2D eigenvalue weighted by atomic mass is 10.1. The van der Waals surface area contributed by atoms with Gasteiger partial charge in [0, 0.05) is 25.6 Å². The molecule has 0 saturated carbocycles. The summed E-state index contributed by atoms with van der Waals surface area (Å²) in [6.45, 7) is 1.75. The number of rotatable bonds is 7. The zero-order chi connectivity index (χ0) is 16.8. The van der Waals surface area contributed by atoms with Crippen molar-refractivity contribution in [1.82, 2.24) is 10.6 Å². The largest absolute Gasteiger partial charge is 0.493 e. The van der Waals surface area contributed by atoms with Gasteiger partial charge in [0.2, 0.25) is 11.7 Å². The smallest absolute Gasteiger partial charge is 0.224 e. The van der Waals surface area contributed by atoms with E-state index in [2.05, 4.69) is 10.6 Å². The Bertz CT molecular complexity index is 530. The molecule has 1 saturated heterocycles.